The number of hydrogen-bond donors (Lipinski definition) is 0. The normalized spacial score (nSPS) is 11.1. The fraction of sp³-hybridized carbons (Fsp3) is 0. The molecule has 0 atom stereocenters. The molecule has 0 saturated heterocycles. The number of aromatic nitrogens is 1. The Hall–Kier alpha value is -6.97. The molecule has 0 bridgehead atoms. The zero-order chi connectivity index (χ0) is 34.1. The molecule has 5 heteroatoms. The Balaban J connectivity index is 1.56. The molecule has 0 saturated carbocycles. The largest absolute Gasteiger partial charge is 0.307 e. The van der Waals surface area contributed by atoms with Gasteiger partial charge in [-0.15, -0.1) is 0 Å². The summed E-state index contributed by atoms with van der Waals surface area (Å²) in [6.45, 7) is 0. The van der Waals surface area contributed by atoms with Gasteiger partial charge in [0.25, 0.3) is 0 Å². The number of hydrogen-bond acceptors (Lipinski definition) is 3. The summed E-state index contributed by atoms with van der Waals surface area (Å²) in [4.78, 5) is 0. The minimum absolute atomic E-state index is 0.524. The van der Waals surface area contributed by atoms with Gasteiger partial charge in [-0.25, -0.2) is 0 Å². The van der Waals surface area contributed by atoms with Gasteiger partial charge in [0.1, 0.15) is 6.07 Å². The molecule has 0 aliphatic carbocycles. The van der Waals surface area contributed by atoms with Gasteiger partial charge in [0, 0.05) is 16.3 Å². The monoisotopic (exact) mass is 652 g/mol. The molecule has 0 amide bonds. The van der Waals surface area contributed by atoms with Crippen LogP contribution in [0.4, 0.5) is 0 Å². The lowest BCUT2D eigenvalue weighted by Crippen LogP contribution is -2.75. The summed E-state index contributed by atoms with van der Waals surface area (Å²) in [7, 11) is -3.11. The van der Waals surface area contributed by atoms with E-state index in [1.165, 1.54) is 15.6 Å². The molecule has 0 unspecified atom stereocenters. The van der Waals surface area contributed by atoms with E-state index >= 15 is 0 Å². The second-order valence-electron chi connectivity index (χ2n) is 12.2. The lowest BCUT2D eigenvalue weighted by atomic mass is 9.98. The first-order valence-electron chi connectivity index (χ1n) is 16.4. The van der Waals surface area contributed by atoms with E-state index in [1.54, 1.807) is 0 Å². The zero-order valence-electron chi connectivity index (χ0n) is 27.0. The van der Waals surface area contributed by atoms with E-state index in [0.29, 0.717) is 16.7 Å². The third-order valence-corrected chi connectivity index (χ3v) is 14.5. The molecular weight excluding hydrogens is 625 g/mol. The maximum absolute atomic E-state index is 10.7. The average molecular weight is 653 g/mol. The standard InChI is InChI=1S/C45H28N4Si/c46-29-32-24-26-43-41(27-32)38-20-10-11-22-42(38)49(43)45-34(31-48)13-12-21-40(45)39-25-23-33(30-47)28-44(39)50(35-14-4-1-5-15-35,36-16-6-2-7-17-36)37-18-8-3-9-19-37/h1-28H. The Morgan fingerprint density at radius 3 is 1.56 bits per heavy atom. The highest BCUT2D eigenvalue weighted by Gasteiger charge is 2.43. The minimum atomic E-state index is -3.11. The topological polar surface area (TPSA) is 76.3 Å². The predicted molar refractivity (Wildman–Crippen MR) is 204 cm³/mol. The summed E-state index contributed by atoms with van der Waals surface area (Å²) in [6.07, 6.45) is 0. The number of rotatable bonds is 6. The van der Waals surface area contributed by atoms with Gasteiger partial charge in [0.05, 0.1) is 45.5 Å². The van der Waals surface area contributed by atoms with Gasteiger partial charge in [0.2, 0.25) is 0 Å². The molecule has 0 spiro atoms. The van der Waals surface area contributed by atoms with Crippen molar-refractivity contribution in [3.8, 4) is 35.0 Å². The van der Waals surface area contributed by atoms with E-state index in [0.717, 1.165) is 43.8 Å². The van der Waals surface area contributed by atoms with Crippen LogP contribution in [0.25, 0.3) is 38.6 Å². The number of nitrogens with zero attached hydrogens (tertiary/aromatic N) is 4. The Kier molecular flexibility index (Phi) is 7.63. The van der Waals surface area contributed by atoms with Crippen molar-refractivity contribution >= 4 is 50.6 Å². The smallest absolute Gasteiger partial charge is 0.180 e. The van der Waals surface area contributed by atoms with Crippen LogP contribution >= 0.6 is 0 Å². The summed E-state index contributed by atoms with van der Waals surface area (Å²) in [5.74, 6) is 0. The summed E-state index contributed by atoms with van der Waals surface area (Å²) >= 11 is 0. The third kappa shape index (κ3) is 4.72. The maximum atomic E-state index is 10.7. The van der Waals surface area contributed by atoms with Crippen molar-refractivity contribution in [1.82, 2.24) is 4.57 Å². The Labute approximate surface area is 291 Å². The fourth-order valence-electron chi connectivity index (χ4n) is 7.57. The molecular formula is C45H28N4Si. The fourth-order valence-corrected chi connectivity index (χ4v) is 12.6. The van der Waals surface area contributed by atoms with Crippen molar-refractivity contribution in [2.45, 2.75) is 0 Å². The highest BCUT2D eigenvalue weighted by atomic mass is 28.3. The molecule has 0 N–H and O–H groups in total. The molecule has 0 aliphatic heterocycles. The van der Waals surface area contributed by atoms with Gasteiger partial charge in [0.15, 0.2) is 8.07 Å². The van der Waals surface area contributed by atoms with Gasteiger partial charge < -0.3 is 4.57 Å². The molecule has 7 aromatic carbocycles. The molecule has 0 radical (unpaired) electrons. The van der Waals surface area contributed by atoms with Crippen LogP contribution in [0, 0.1) is 34.0 Å². The molecule has 4 nitrogen and oxygen atoms in total. The van der Waals surface area contributed by atoms with Crippen LogP contribution in [-0.2, 0) is 0 Å². The second-order valence-corrected chi connectivity index (χ2v) is 16.0. The number of para-hydroxylation sites is 2. The lowest BCUT2D eigenvalue weighted by Gasteiger charge is -2.36. The highest BCUT2D eigenvalue weighted by Crippen LogP contribution is 2.38. The molecule has 1 aromatic heterocycles. The minimum Gasteiger partial charge on any atom is -0.307 e. The molecule has 0 aliphatic rings. The Morgan fingerprint density at radius 1 is 0.420 bits per heavy atom. The number of fused-ring (bicyclic) bond motifs is 3. The zero-order valence-corrected chi connectivity index (χ0v) is 28.0. The Morgan fingerprint density at radius 2 is 0.960 bits per heavy atom. The second kappa shape index (κ2) is 12.6. The molecule has 8 rings (SSSR count). The molecule has 0 fully saturated rings. The summed E-state index contributed by atoms with van der Waals surface area (Å²) in [6, 6.07) is 64.9. The van der Waals surface area contributed by atoms with Gasteiger partial charge in [-0.1, -0.05) is 127 Å². The van der Waals surface area contributed by atoms with Crippen LogP contribution in [0.3, 0.4) is 0 Å². The van der Waals surface area contributed by atoms with Crippen molar-refractivity contribution < 1.29 is 0 Å². The predicted octanol–water partition coefficient (Wildman–Crippen LogP) is 7.44. The maximum Gasteiger partial charge on any atom is 0.180 e. The van der Waals surface area contributed by atoms with Gasteiger partial charge in [-0.2, -0.15) is 15.8 Å². The SMILES string of the molecule is N#Cc1ccc(-c2cccc(C#N)c2-n2c3ccccc3c3cc(C#N)ccc32)c([Si](c2ccccc2)(c2ccccc2)c2ccccc2)c1. The van der Waals surface area contributed by atoms with Crippen LogP contribution < -0.4 is 20.7 Å². The van der Waals surface area contributed by atoms with Crippen LogP contribution in [0.5, 0.6) is 0 Å². The molecule has 1 heterocycles. The number of nitriles is 3. The first-order chi connectivity index (χ1) is 24.7. The van der Waals surface area contributed by atoms with E-state index < -0.39 is 8.07 Å². The lowest BCUT2D eigenvalue weighted by molar-refractivity contribution is 1.17. The van der Waals surface area contributed by atoms with Crippen LogP contribution in [-0.4, -0.2) is 12.6 Å². The van der Waals surface area contributed by atoms with E-state index in [-0.39, 0.29) is 0 Å². The average Bonchev–Trinajstić information content (AvgIpc) is 3.52. The van der Waals surface area contributed by atoms with Crippen LogP contribution in [0.2, 0.25) is 0 Å². The van der Waals surface area contributed by atoms with Gasteiger partial charge >= 0.3 is 0 Å². The number of benzene rings is 7. The summed E-state index contributed by atoms with van der Waals surface area (Å²) in [5.41, 5.74) is 6.12. The first kappa shape index (κ1) is 30.4. The Bertz CT molecular complexity index is 2580. The van der Waals surface area contributed by atoms with Crippen LogP contribution in [0.1, 0.15) is 16.7 Å². The van der Waals surface area contributed by atoms with Crippen molar-refractivity contribution in [2.75, 3.05) is 0 Å². The molecule has 232 valence electrons. The summed E-state index contributed by atoms with van der Waals surface area (Å²) < 4.78 is 2.17. The van der Waals surface area contributed by atoms with E-state index in [2.05, 4.69) is 126 Å². The van der Waals surface area contributed by atoms with Crippen molar-refractivity contribution in [2.24, 2.45) is 0 Å². The molecule has 8 aromatic rings. The van der Waals surface area contributed by atoms with Crippen molar-refractivity contribution in [3.05, 3.63) is 187 Å². The third-order valence-electron chi connectivity index (χ3n) is 9.65. The van der Waals surface area contributed by atoms with E-state index in [9.17, 15) is 15.8 Å². The van der Waals surface area contributed by atoms with E-state index in [4.69, 9.17) is 0 Å². The highest BCUT2D eigenvalue weighted by molar-refractivity contribution is 7.20. The quantitative estimate of drug-likeness (QED) is 0.138. The van der Waals surface area contributed by atoms with Crippen LogP contribution in [0.15, 0.2) is 170 Å². The van der Waals surface area contributed by atoms with E-state index in [1.807, 2.05) is 66.7 Å². The van der Waals surface area contributed by atoms with Gasteiger partial charge in [-0.05, 0) is 68.8 Å². The van der Waals surface area contributed by atoms with Gasteiger partial charge in [-0.3, -0.25) is 0 Å². The first-order valence-corrected chi connectivity index (χ1v) is 18.4. The van der Waals surface area contributed by atoms with Crippen molar-refractivity contribution in [1.29, 1.82) is 15.8 Å². The van der Waals surface area contributed by atoms with Crippen molar-refractivity contribution in [3.63, 3.8) is 0 Å². The molecule has 50 heavy (non-hydrogen) atoms. The summed E-state index contributed by atoms with van der Waals surface area (Å²) in [5, 5.41) is 37.4.